The first-order chi connectivity index (χ1) is 18.4. The predicted octanol–water partition coefficient (Wildman–Crippen LogP) is 1.94. The van der Waals surface area contributed by atoms with Gasteiger partial charge >= 0.3 is 0 Å². The molecular weight excluding hydrogens is 496 g/mol. The van der Waals surface area contributed by atoms with Crippen LogP contribution in [-0.2, 0) is 0 Å². The molecule has 1 amide bonds. The standard InChI is InChI=1S/C25H33F2N9O2/c26-17-13-30-24-21(23(28)32-36(24)16-17)25(38)31-19-15-29-14-18(27)22(19)35-11-9-34(10-12-35)20(37)5-4-8-33-6-2-1-3-7-33/h13-16,20,37H,1-12H2,(H2,28,32)(H,31,38). The Kier molecular flexibility index (Phi) is 7.95. The van der Waals surface area contributed by atoms with E-state index in [0.29, 0.717) is 32.6 Å². The van der Waals surface area contributed by atoms with Crippen molar-refractivity contribution in [2.75, 3.05) is 61.8 Å². The quantitative estimate of drug-likeness (QED) is 0.401. The number of pyridine rings is 1. The summed E-state index contributed by atoms with van der Waals surface area (Å²) in [7, 11) is 0. The highest BCUT2D eigenvalue weighted by atomic mass is 19.1. The summed E-state index contributed by atoms with van der Waals surface area (Å²) in [4.78, 5) is 27.2. The van der Waals surface area contributed by atoms with E-state index < -0.39 is 23.8 Å². The number of hydrogen-bond donors (Lipinski definition) is 3. The lowest BCUT2D eigenvalue weighted by Gasteiger charge is -2.39. The van der Waals surface area contributed by atoms with Gasteiger partial charge in [-0.25, -0.2) is 18.3 Å². The first kappa shape index (κ1) is 26.2. The third kappa shape index (κ3) is 5.69. The highest BCUT2D eigenvalue weighted by Gasteiger charge is 2.27. The van der Waals surface area contributed by atoms with Gasteiger partial charge in [-0.15, -0.1) is 5.10 Å². The fourth-order valence-electron chi connectivity index (χ4n) is 5.28. The molecule has 0 radical (unpaired) electrons. The molecule has 204 valence electrons. The minimum absolute atomic E-state index is 0.0438. The zero-order chi connectivity index (χ0) is 26.6. The van der Waals surface area contributed by atoms with Crippen molar-refractivity contribution in [3.05, 3.63) is 42.0 Å². The van der Waals surface area contributed by atoms with Crippen molar-refractivity contribution in [1.82, 2.24) is 29.4 Å². The summed E-state index contributed by atoms with van der Waals surface area (Å²) in [5, 5.41) is 17.3. The van der Waals surface area contributed by atoms with Crippen molar-refractivity contribution in [2.45, 2.75) is 38.3 Å². The molecule has 1 atom stereocenters. The molecule has 2 saturated heterocycles. The molecule has 4 N–H and O–H groups in total. The van der Waals surface area contributed by atoms with Gasteiger partial charge in [-0.3, -0.25) is 14.7 Å². The van der Waals surface area contributed by atoms with Crippen LogP contribution in [0.15, 0.2) is 24.8 Å². The van der Waals surface area contributed by atoms with E-state index in [9.17, 15) is 18.7 Å². The van der Waals surface area contributed by atoms with Gasteiger partial charge in [0, 0.05) is 26.2 Å². The predicted molar refractivity (Wildman–Crippen MR) is 139 cm³/mol. The number of rotatable bonds is 8. The Morgan fingerprint density at radius 1 is 1.08 bits per heavy atom. The molecule has 11 nitrogen and oxygen atoms in total. The average molecular weight is 530 g/mol. The van der Waals surface area contributed by atoms with Crippen LogP contribution >= 0.6 is 0 Å². The molecule has 13 heteroatoms. The van der Waals surface area contributed by atoms with Crippen LogP contribution in [-0.4, -0.2) is 92.4 Å². The number of nitrogens with zero attached hydrogens (tertiary/aromatic N) is 7. The number of nitrogens with one attached hydrogen (secondary N) is 1. The Morgan fingerprint density at radius 2 is 1.84 bits per heavy atom. The maximum Gasteiger partial charge on any atom is 0.263 e. The van der Waals surface area contributed by atoms with Gasteiger partial charge < -0.3 is 26.0 Å². The lowest BCUT2D eigenvalue weighted by atomic mass is 10.1. The van der Waals surface area contributed by atoms with E-state index in [-0.39, 0.29) is 28.4 Å². The van der Waals surface area contributed by atoms with Gasteiger partial charge in [0.05, 0.1) is 30.5 Å². The zero-order valence-corrected chi connectivity index (χ0v) is 21.2. The largest absolute Gasteiger partial charge is 0.381 e. The summed E-state index contributed by atoms with van der Waals surface area (Å²) < 4.78 is 29.6. The number of piperazine rings is 1. The third-order valence-electron chi connectivity index (χ3n) is 7.25. The van der Waals surface area contributed by atoms with E-state index in [1.807, 2.05) is 9.80 Å². The summed E-state index contributed by atoms with van der Waals surface area (Å²) in [5.74, 6) is -2.00. The van der Waals surface area contributed by atoms with Crippen molar-refractivity contribution >= 4 is 28.7 Å². The van der Waals surface area contributed by atoms with Crippen molar-refractivity contribution in [2.24, 2.45) is 0 Å². The summed E-state index contributed by atoms with van der Waals surface area (Å²) in [5.41, 5.74) is 6.32. The average Bonchev–Trinajstić information content (AvgIpc) is 3.24. The van der Waals surface area contributed by atoms with E-state index in [0.717, 1.165) is 49.2 Å². The summed E-state index contributed by atoms with van der Waals surface area (Å²) in [6.07, 6.45) is 9.39. The number of aromatic nitrogens is 4. The van der Waals surface area contributed by atoms with Gasteiger partial charge in [0.2, 0.25) is 0 Å². The summed E-state index contributed by atoms with van der Waals surface area (Å²) >= 11 is 0. The van der Waals surface area contributed by atoms with Crippen LogP contribution in [0, 0.1) is 11.6 Å². The molecule has 0 aliphatic carbocycles. The summed E-state index contributed by atoms with van der Waals surface area (Å²) in [6.45, 7) is 5.32. The molecule has 0 spiro atoms. The van der Waals surface area contributed by atoms with Crippen LogP contribution in [0.5, 0.6) is 0 Å². The van der Waals surface area contributed by atoms with E-state index >= 15 is 0 Å². The number of halogens is 2. The number of aliphatic hydroxyl groups excluding tert-OH is 1. The second-order valence-corrected chi connectivity index (χ2v) is 9.82. The Hall–Kier alpha value is -3.42. The fourth-order valence-corrected chi connectivity index (χ4v) is 5.28. The minimum atomic E-state index is -0.659. The number of likely N-dealkylation sites (tertiary alicyclic amines) is 1. The van der Waals surface area contributed by atoms with Gasteiger partial charge in [-0.2, -0.15) is 0 Å². The monoisotopic (exact) mass is 529 g/mol. The Balaban J connectivity index is 1.22. The Labute approximate surface area is 219 Å². The highest BCUT2D eigenvalue weighted by Crippen LogP contribution is 2.30. The minimum Gasteiger partial charge on any atom is -0.381 e. The van der Waals surface area contributed by atoms with Crippen LogP contribution in [0.3, 0.4) is 0 Å². The van der Waals surface area contributed by atoms with Gasteiger partial charge in [-0.05, 0) is 45.3 Å². The van der Waals surface area contributed by atoms with E-state index in [2.05, 4.69) is 25.3 Å². The van der Waals surface area contributed by atoms with Crippen molar-refractivity contribution < 1.29 is 18.7 Å². The molecule has 3 aromatic rings. The maximum atomic E-state index is 15.0. The smallest absolute Gasteiger partial charge is 0.263 e. The number of hydrogen-bond acceptors (Lipinski definition) is 9. The molecule has 2 aliphatic rings. The second-order valence-electron chi connectivity index (χ2n) is 9.82. The Bertz CT molecular complexity index is 1270. The molecule has 0 bridgehead atoms. The third-order valence-corrected chi connectivity index (χ3v) is 7.25. The molecule has 0 aromatic carbocycles. The van der Waals surface area contributed by atoms with E-state index in [1.54, 1.807) is 0 Å². The van der Waals surface area contributed by atoms with Gasteiger partial charge in [0.15, 0.2) is 23.1 Å². The highest BCUT2D eigenvalue weighted by molar-refractivity contribution is 6.12. The molecule has 5 heterocycles. The zero-order valence-electron chi connectivity index (χ0n) is 21.2. The van der Waals surface area contributed by atoms with Crippen molar-refractivity contribution in [1.29, 1.82) is 0 Å². The number of fused-ring (bicyclic) bond motifs is 1. The molecule has 2 aliphatic heterocycles. The molecule has 2 fully saturated rings. The number of anilines is 3. The topological polar surface area (TPSA) is 128 Å². The molecule has 5 rings (SSSR count). The van der Waals surface area contributed by atoms with E-state index in [4.69, 9.17) is 5.73 Å². The Morgan fingerprint density at radius 3 is 2.61 bits per heavy atom. The molecule has 38 heavy (non-hydrogen) atoms. The molecule has 1 unspecified atom stereocenters. The lowest BCUT2D eigenvalue weighted by Crippen LogP contribution is -2.51. The second kappa shape index (κ2) is 11.5. The maximum absolute atomic E-state index is 15.0. The van der Waals surface area contributed by atoms with Crippen LogP contribution in [0.25, 0.3) is 5.65 Å². The van der Waals surface area contributed by atoms with Gasteiger partial charge in [-0.1, -0.05) is 6.42 Å². The van der Waals surface area contributed by atoms with Crippen molar-refractivity contribution in [3.8, 4) is 0 Å². The number of piperidine rings is 1. The number of nitrogens with two attached hydrogens (primary N) is 1. The van der Waals surface area contributed by atoms with Crippen LogP contribution in [0.4, 0.5) is 26.0 Å². The van der Waals surface area contributed by atoms with Gasteiger partial charge in [0.25, 0.3) is 5.91 Å². The van der Waals surface area contributed by atoms with Crippen LogP contribution in [0.1, 0.15) is 42.5 Å². The number of aliphatic hydroxyl groups is 1. The molecule has 0 saturated carbocycles. The van der Waals surface area contributed by atoms with Crippen LogP contribution < -0.4 is 16.0 Å². The van der Waals surface area contributed by atoms with E-state index in [1.165, 1.54) is 25.5 Å². The SMILES string of the molecule is Nc1nn2cc(F)cnc2c1C(=O)Nc1cncc(F)c1N1CCN(C(O)CCCN2CCCCC2)CC1. The van der Waals surface area contributed by atoms with Crippen molar-refractivity contribution in [3.63, 3.8) is 0 Å². The number of nitrogen functional groups attached to an aromatic ring is 1. The number of amides is 1. The first-order valence-electron chi connectivity index (χ1n) is 13.0. The molecular formula is C25H33F2N9O2. The first-order valence-corrected chi connectivity index (χ1v) is 13.0. The van der Waals surface area contributed by atoms with Crippen LogP contribution in [0.2, 0.25) is 0 Å². The molecule has 3 aromatic heterocycles. The normalized spacial score (nSPS) is 18.1. The number of carbonyl (C=O) groups is 1. The van der Waals surface area contributed by atoms with Gasteiger partial charge in [0.1, 0.15) is 17.5 Å². The summed E-state index contributed by atoms with van der Waals surface area (Å²) in [6, 6.07) is 0. The fraction of sp³-hybridized carbons (Fsp3) is 0.520. The number of carbonyl (C=O) groups excluding carboxylic acids is 1. The lowest BCUT2D eigenvalue weighted by molar-refractivity contribution is -0.00857.